The first-order chi connectivity index (χ1) is 20.0. The van der Waals surface area contributed by atoms with Gasteiger partial charge in [-0.1, -0.05) is 24.8 Å². The maximum Gasteiger partial charge on any atom is 0.252 e. The van der Waals surface area contributed by atoms with Crippen LogP contribution in [0.15, 0.2) is 78.8 Å². The number of anilines is 2. The Morgan fingerprint density at radius 2 is 2.02 bits per heavy atom. The van der Waals surface area contributed by atoms with Crippen molar-refractivity contribution in [1.29, 1.82) is 5.26 Å². The minimum absolute atomic E-state index is 0.00443. The predicted molar refractivity (Wildman–Crippen MR) is 146 cm³/mol. The molecule has 2 atom stereocenters. The molecule has 2 aromatic rings. The minimum Gasteiger partial charge on any atom is -0.351 e. The molecule has 2 fully saturated rings. The van der Waals surface area contributed by atoms with E-state index in [4.69, 9.17) is 0 Å². The molecule has 1 saturated heterocycles. The third-order valence-corrected chi connectivity index (χ3v) is 6.96. The van der Waals surface area contributed by atoms with E-state index in [1.807, 2.05) is 6.07 Å². The lowest BCUT2D eigenvalue weighted by Crippen LogP contribution is -2.59. The fourth-order valence-corrected chi connectivity index (χ4v) is 4.91. The Morgan fingerprint density at radius 1 is 1.29 bits per heavy atom. The van der Waals surface area contributed by atoms with Gasteiger partial charge in [0.1, 0.15) is 29.5 Å². The van der Waals surface area contributed by atoms with Gasteiger partial charge in [0, 0.05) is 42.8 Å². The topological polar surface area (TPSA) is 106 Å². The van der Waals surface area contributed by atoms with Crippen LogP contribution in [-0.4, -0.2) is 46.8 Å². The molecule has 8 nitrogen and oxygen atoms in total. The molecule has 42 heavy (non-hydrogen) atoms. The molecule has 3 amide bonds. The number of rotatable bonds is 9. The van der Waals surface area contributed by atoms with Gasteiger partial charge in [-0.3, -0.25) is 24.2 Å². The van der Waals surface area contributed by atoms with Gasteiger partial charge in [-0.2, -0.15) is 5.26 Å². The molecule has 1 saturated carbocycles. The van der Waals surface area contributed by atoms with E-state index in [1.54, 1.807) is 6.92 Å². The van der Waals surface area contributed by atoms with Gasteiger partial charge in [-0.05, 0) is 49.8 Å². The summed E-state index contributed by atoms with van der Waals surface area (Å²) in [6, 6.07) is 5.23. The van der Waals surface area contributed by atoms with Crippen LogP contribution in [0.5, 0.6) is 0 Å². The van der Waals surface area contributed by atoms with Gasteiger partial charge in [0.15, 0.2) is 0 Å². The van der Waals surface area contributed by atoms with E-state index in [2.05, 4.69) is 16.9 Å². The number of nitrogens with zero attached hydrogens (tertiary/aromatic N) is 4. The van der Waals surface area contributed by atoms with Crippen molar-refractivity contribution in [2.24, 2.45) is 0 Å². The van der Waals surface area contributed by atoms with Gasteiger partial charge in [-0.25, -0.2) is 22.5 Å². The van der Waals surface area contributed by atoms with Crippen LogP contribution in [0.4, 0.5) is 29.1 Å². The maximum absolute atomic E-state index is 15.3. The standard InChI is InChI=1S/C30H27F4N5O3/c1-3-4-8-23(32)18(2)27(28(41)37-21-15-30(33,34)16-21)38(22-7-5-6-20(31)14-22)29(42)24-9-10-26(40)39(24)25-13-19(17-35)11-12-36-25/h3-8,11-14,21,24,27H,2,9-10,15-16H2,1H3,(H,37,41)/b4-3-,23-8+/t24-,27-/m0/s1. The molecule has 0 unspecified atom stereocenters. The third-order valence-electron chi connectivity index (χ3n) is 6.96. The second kappa shape index (κ2) is 12.4. The van der Waals surface area contributed by atoms with E-state index < -0.39 is 71.8 Å². The summed E-state index contributed by atoms with van der Waals surface area (Å²) in [5.41, 5.74) is -0.473. The quantitative estimate of drug-likeness (QED) is 0.335. The summed E-state index contributed by atoms with van der Waals surface area (Å²) in [5.74, 6) is -7.13. The number of aromatic nitrogens is 1. The normalized spacial score (nSPS) is 19.2. The fraction of sp³-hybridized carbons (Fsp3) is 0.300. The highest BCUT2D eigenvalue weighted by atomic mass is 19.3. The SMILES string of the molecule is C=C(/C(F)=C\C=C/C)[C@@H](C(=O)NC1CC(F)(F)C1)N(C(=O)[C@@H]1CCC(=O)N1c1cc(C#N)ccn1)c1cccc(F)c1. The van der Waals surface area contributed by atoms with E-state index in [-0.39, 0.29) is 29.9 Å². The smallest absolute Gasteiger partial charge is 0.252 e. The van der Waals surface area contributed by atoms with E-state index >= 15 is 4.39 Å². The lowest BCUT2D eigenvalue weighted by molar-refractivity contribution is -0.132. The zero-order chi connectivity index (χ0) is 30.6. The summed E-state index contributed by atoms with van der Waals surface area (Å²) in [6.45, 7) is 5.32. The summed E-state index contributed by atoms with van der Waals surface area (Å²) in [7, 11) is 0. The van der Waals surface area contributed by atoms with Crippen molar-refractivity contribution in [3.05, 3.63) is 90.2 Å². The number of hydrogen-bond acceptors (Lipinski definition) is 5. The molecule has 1 N–H and O–H groups in total. The van der Waals surface area contributed by atoms with E-state index in [9.17, 15) is 32.8 Å². The van der Waals surface area contributed by atoms with Crippen LogP contribution in [0, 0.1) is 17.1 Å². The van der Waals surface area contributed by atoms with Gasteiger partial charge in [0.25, 0.3) is 11.8 Å². The Balaban J connectivity index is 1.81. The summed E-state index contributed by atoms with van der Waals surface area (Å²) in [5, 5.41) is 11.7. The number of benzene rings is 1. The first kappa shape index (κ1) is 30.2. The van der Waals surface area contributed by atoms with Crippen molar-refractivity contribution in [2.45, 2.75) is 56.7 Å². The number of nitriles is 1. The zero-order valence-corrected chi connectivity index (χ0v) is 22.6. The molecular weight excluding hydrogens is 554 g/mol. The average Bonchev–Trinajstić information content (AvgIpc) is 3.34. The van der Waals surface area contributed by atoms with Crippen LogP contribution in [-0.2, 0) is 14.4 Å². The Labute approximate surface area is 239 Å². The molecule has 12 heteroatoms. The predicted octanol–water partition coefficient (Wildman–Crippen LogP) is 4.89. The summed E-state index contributed by atoms with van der Waals surface area (Å²) in [6.07, 6.45) is 3.74. The minimum atomic E-state index is -2.98. The number of carbonyl (C=O) groups excluding carboxylic acids is 3. The monoisotopic (exact) mass is 581 g/mol. The Morgan fingerprint density at radius 3 is 2.67 bits per heavy atom. The van der Waals surface area contributed by atoms with Crippen molar-refractivity contribution < 1.29 is 31.9 Å². The number of nitrogens with one attached hydrogen (secondary N) is 1. The van der Waals surface area contributed by atoms with Crippen LogP contribution in [0.2, 0.25) is 0 Å². The van der Waals surface area contributed by atoms with Gasteiger partial charge < -0.3 is 5.32 Å². The molecule has 0 spiro atoms. The number of carbonyl (C=O) groups is 3. The molecular formula is C30H27F4N5O3. The number of allylic oxidation sites excluding steroid dienone is 3. The molecule has 1 aromatic heterocycles. The van der Waals surface area contributed by atoms with Crippen LogP contribution >= 0.6 is 0 Å². The Kier molecular flexibility index (Phi) is 8.90. The van der Waals surface area contributed by atoms with Gasteiger partial charge >= 0.3 is 0 Å². The molecule has 1 aliphatic carbocycles. The average molecular weight is 582 g/mol. The molecule has 4 rings (SSSR count). The lowest BCUT2D eigenvalue weighted by Gasteiger charge is -2.39. The number of halogens is 4. The van der Waals surface area contributed by atoms with Crippen LogP contribution in [0.3, 0.4) is 0 Å². The highest BCUT2D eigenvalue weighted by Crippen LogP contribution is 2.38. The van der Waals surface area contributed by atoms with Crippen LogP contribution in [0.25, 0.3) is 0 Å². The fourth-order valence-electron chi connectivity index (χ4n) is 4.91. The van der Waals surface area contributed by atoms with E-state index in [0.717, 1.165) is 28.0 Å². The molecule has 0 radical (unpaired) electrons. The Bertz CT molecular complexity index is 1510. The Hall–Kier alpha value is -4.79. The second-order valence-electron chi connectivity index (χ2n) is 9.96. The van der Waals surface area contributed by atoms with Gasteiger partial charge in [-0.15, -0.1) is 0 Å². The lowest BCUT2D eigenvalue weighted by atomic mass is 9.87. The maximum atomic E-state index is 15.3. The number of pyridine rings is 1. The third kappa shape index (κ3) is 6.40. The van der Waals surface area contributed by atoms with Crippen molar-refractivity contribution >= 4 is 29.2 Å². The second-order valence-corrected chi connectivity index (χ2v) is 9.96. The number of alkyl halides is 2. The summed E-state index contributed by atoms with van der Waals surface area (Å²) < 4.78 is 56.9. The molecule has 2 aliphatic rings. The molecule has 218 valence electrons. The van der Waals surface area contributed by atoms with E-state index in [0.29, 0.717) is 0 Å². The van der Waals surface area contributed by atoms with Crippen molar-refractivity contribution in [1.82, 2.24) is 10.3 Å². The largest absolute Gasteiger partial charge is 0.351 e. The summed E-state index contributed by atoms with van der Waals surface area (Å²) in [4.78, 5) is 46.9. The highest BCUT2D eigenvalue weighted by Gasteiger charge is 2.49. The highest BCUT2D eigenvalue weighted by molar-refractivity contribution is 6.11. The van der Waals surface area contributed by atoms with Gasteiger partial charge in [0.2, 0.25) is 11.8 Å². The molecule has 0 bridgehead atoms. The molecule has 2 heterocycles. The zero-order valence-electron chi connectivity index (χ0n) is 22.6. The molecule has 1 aliphatic heterocycles. The van der Waals surface area contributed by atoms with E-state index in [1.165, 1.54) is 42.6 Å². The first-order valence-electron chi connectivity index (χ1n) is 13.1. The van der Waals surface area contributed by atoms with Crippen LogP contribution < -0.4 is 15.1 Å². The van der Waals surface area contributed by atoms with Crippen molar-refractivity contribution in [2.75, 3.05) is 9.80 Å². The first-order valence-corrected chi connectivity index (χ1v) is 13.1. The molecule has 1 aromatic carbocycles. The van der Waals surface area contributed by atoms with Crippen molar-refractivity contribution in [3.63, 3.8) is 0 Å². The number of amides is 3. The van der Waals surface area contributed by atoms with Crippen molar-refractivity contribution in [3.8, 4) is 6.07 Å². The summed E-state index contributed by atoms with van der Waals surface area (Å²) >= 11 is 0. The number of hydrogen-bond donors (Lipinski definition) is 1. The van der Waals surface area contributed by atoms with Gasteiger partial charge in [0.05, 0.1) is 11.6 Å². The van der Waals surface area contributed by atoms with Crippen LogP contribution in [0.1, 0.15) is 38.2 Å².